The molecular weight excluding hydrogens is 138 g/mol. The zero-order chi connectivity index (χ0) is 7.68. The van der Waals surface area contributed by atoms with Crippen LogP contribution < -0.4 is 5.32 Å². The summed E-state index contributed by atoms with van der Waals surface area (Å²) in [6.45, 7) is 2.05. The molecule has 0 unspecified atom stereocenters. The van der Waals surface area contributed by atoms with Gasteiger partial charge in [-0.3, -0.25) is 4.68 Å². The van der Waals surface area contributed by atoms with E-state index >= 15 is 0 Å². The van der Waals surface area contributed by atoms with Crippen LogP contribution >= 0.6 is 0 Å². The molecule has 0 amide bonds. The summed E-state index contributed by atoms with van der Waals surface area (Å²) in [6, 6.07) is 2.02. The maximum Gasteiger partial charge on any atom is 0.0851 e. The average Bonchev–Trinajstić information content (AvgIpc) is 2.27. The second kappa shape index (κ2) is 2.51. The van der Waals surface area contributed by atoms with Crippen molar-refractivity contribution in [2.75, 3.05) is 13.1 Å². The molecule has 0 spiro atoms. The maximum absolute atomic E-state index is 4.24. The number of rotatable bonds is 1. The van der Waals surface area contributed by atoms with Gasteiger partial charge in [0.05, 0.1) is 5.69 Å². The summed E-state index contributed by atoms with van der Waals surface area (Å²) in [4.78, 5) is 0. The highest BCUT2D eigenvalue weighted by atomic mass is 15.2. The Kier molecular flexibility index (Phi) is 1.51. The smallest absolute Gasteiger partial charge is 0.0851 e. The first-order valence-electron chi connectivity index (χ1n) is 3.74. The Morgan fingerprint density at radius 1 is 1.64 bits per heavy atom. The first kappa shape index (κ1) is 6.61. The topological polar surface area (TPSA) is 29.9 Å². The van der Waals surface area contributed by atoms with E-state index in [1.54, 1.807) is 0 Å². The molecule has 1 aliphatic rings. The van der Waals surface area contributed by atoms with Gasteiger partial charge in [0.2, 0.25) is 0 Å². The van der Waals surface area contributed by atoms with Crippen molar-refractivity contribution in [3.63, 3.8) is 0 Å². The van der Waals surface area contributed by atoms with Gasteiger partial charge in [-0.05, 0) is 17.7 Å². The third-order valence-electron chi connectivity index (χ3n) is 1.79. The minimum Gasteiger partial charge on any atom is -0.309 e. The highest BCUT2D eigenvalue weighted by Gasteiger charge is 2.06. The molecule has 1 fully saturated rings. The largest absolute Gasteiger partial charge is 0.309 e. The monoisotopic (exact) mass is 149 g/mol. The highest BCUT2D eigenvalue weighted by Crippen LogP contribution is 2.06. The third-order valence-corrected chi connectivity index (χ3v) is 1.79. The fraction of sp³-hybridized carbons (Fsp3) is 0.375. The summed E-state index contributed by atoms with van der Waals surface area (Å²) in [5.74, 6) is 0. The number of aromatic nitrogens is 2. The van der Waals surface area contributed by atoms with Crippen LogP contribution in [0.3, 0.4) is 0 Å². The zero-order valence-electron chi connectivity index (χ0n) is 6.54. The van der Waals surface area contributed by atoms with E-state index in [1.807, 2.05) is 24.0 Å². The molecule has 2 heterocycles. The molecule has 3 heteroatoms. The van der Waals surface area contributed by atoms with Crippen molar-refractivity contribution in [2.45, 2.75) is 0 Å². The van der Waals surface area contributed by atoms with Gasteiger partial charge < -0.3 is 5.32 Å². The van der Waals surface area contributed by atoms with Crippen molar-refractivity contribution >= 4 is 6.08 Å². The molecule has 1 aromatic heterocycles. The first-order valence-corrected chi connectivity index (χ1v) is 3.74. The fourth-order valence-corrected chi connectivity index (χ4v) is 1.09. The lowest BCUT2D eigenvalue weighted by Gasteiger charge is -2.17. The summed E-state index contributed by atoms with van der Waals surface area (Å²) in [6.07, 6.45) is 4.09. The molecule has 0 aromatic carbocycles. The predicted octanol–water partition coefficient (Wildman–Crippen LogP) is 0.407. The molecule has 0 bridgehead atoms. The molecule has 1 aliphatic heterocycles. The lowest BCUT2D eigenvalue weighted by atomic mass is 10.1. The van der Waals surface area contributed by atoms with Crippen LogP contribution in [0.15, 0.2) is 17.8 Å². The minimum absolute atomic E-state index is 1.02. The van der Waals surface area contributed by atoms with E-state index < -0.39 is 0 Å². The van der Waals surface area contributed by atoms with E-state index in [-0.39, 0.29) is 0 Å². The van der Waals surface area contributed by atoms with Crippen molar-refractivity contribution in [3.05, 3.63) is 23.5 Å². The van der Waals surface area contributed by atoms with Crippen molar-refractivity contribution < 1.29 is 0 Å². The number of hydrogen-bond donors (Lipinski definition) is 1. The van der Waals surface area contributed by atoms with Gasteiger partial charge >= 0.3 is 0 Å². The minimum atomic E-state index is 1.02. The first-order chi connectivity index (χ1) is 5.34. The summed E-state index contributed by atoms with van der Waals surface area (Å²) >= 11 is 0. The Labute approximate surface area is 65.7 Å². The van der Waals surface area contributed by atoms with Gasteiger partial charge in [0.15, 0.2) is 0 Å². The molecule has 3 nitrogen and oxygen atoms in total. The van der Waals surface area contributed by atoms with Gasteiger partial charge in [-0.25, -0.2) is 0 Å². The van der Waals surface area contributed by atoms with Crippen LogP contribution in [0, 0.1) is 0 Å². The van der Waals surface area contributed by atoms with E-state index in [1.165, 1.54) is 5.57 Å². The van der Waals surface area contributed by atoms with Crippen molar-refractivity contribution in [2.24, 2.45) is 7.05 Å². The van der Waals surface area contributed by atoms with Crippen LogP contribution in [-0.2, 0) is 7.05 Å². The SMILES string of the molecule is Cn1ccc(C=C2CNC2)n1. The average molecular weight is 149 g/mol. The Morgan fingerprint density at radius 3 is 2.91 bits per heavy atom. The quantitative estimate of drug-likeness (QED) is 0.626. The zero-order valence-corrected chi connectivity index (χ0v) is 6.54. The fourth-order valence-electron chi connectivity index (χ4n) is 1.09. The molecular formula is C8H11N3. The summed E-state index contributed by atoms with van der Waals surface area (Å²) in [5, 5.41) is 7.43. The van der Waals surface area contributed by atoms with Crippen molar-refractivity contribution in [3.8, 4) is 0 Å². The Morgan fingerprint density at radius 2 is 2.45 bits per heavy atom. The van der Waals surface area contributed by atoms with Crippen LogP contribution in [0.1, 0.15) is 5.69 Å². The van der Waals surface area contributed by atoms with Crippen molar-refractivity contribution in [1.29, 1.82) is 0 Å². The van der Waals surface area contributed by atoms with E-state index in [0.717, 1.165) is 18.8 Å². The summed E-state index contributed by atoms with van der Waals surface area (Å²) in [5.41, 5.74) is 2.49. The molecule has 2 rings (SSSR count). The molecule has 0 radical (unpaired) electrons. The lowest BCUT2D eigenvalue weighted by molar-refractivity contribution is 0.673. The Hall–Kier alpha value is -1.09. The van der Waals surface area contributed by atoms with E-state index in [4.69, 9.17) is 0 Å². The molecule has 1 N–H and O–H groups in total. The van der Waals surface area contributed by atoms with Gasteiger partial charge in [0.25, 0.3) is 0 Å². The second-order valence-corrected chi connectivity index (χ2v) is 2.82. The summed E-state index contributed by atoms with van der Waals surface area (Å²) in [7, 11) is 1.93. The highest BCUT2D eigenvalue weighted by molar-refractivity contribution is 5.51. The van der Waals surface area contributed by atoms with E-state index in [0.29, 0.717) is 0 Å². The van der Waals surface area contributed by atoms with Gasteiger partial charge in [-0.1, -0.05) is 0 Å². The number of nitrogens with zero attached hydrogens (tertiary/aromatic N) is 2. The molecule has 58 valence electrons. The third kappa shape index (κ3) is 1.33. The Bertz CT molecular complexity index is 279. The maximum atomic E-state index is 4.24. The normalized spacial score (nSPS) is 16.3. The molecule has 11 heavy (non-hydrogen) atoms. The predicted molar refractivity (Wildman–Crippen MR) is 44.1 cm³/mol. The molecule has 0 saturated carbocycles. The van der Waals surface area contributed by atoms with Gasteiger partial charge in [0, 0.05) is 26.3 Å². The molecule has 0 aliphatic carbocycles. The molecule has 0 atom stereocenters. The standard InChI is InChI=1S/C8H11N3/c1-11-3-2-8(10-11)4-7-5-9-6-7/h2-4,9H,5-6H2,1H3. The van der Waals surface area contributed by atoms with Gasteiger partial charge in [-0.15, -0.1) is 0 Å². The number of hydrogen-bond acceptors (Lipinski definition) is 2. The van der Waals surface area contributed by atoms with Crippen LogP contribution in [0.4, 0.5) is 0 Å². The molecule has 1 saturated heterocycles. The van der Waals surface area contributed by atoms with Crippen molar-refractivity contribution in [1.82, 2.24) is 15.1 Å². The van der Waals surface area contributed by atoms with Crippen LogP contribution in [0.2, 0.25) is 0 Å². The van der Waals surface area contributed by atoms with Gasteiger partial charge in [0.1, 0.15) is 0 Å². The lowest BCUT2D eigenvalue weighted by Crippen LogP contribution is -2.33. The van der Waals surface area contributed by atoms with Crippen LogP contribution in [0.5, 0.6) is 0 Å². The summed E-state index contributed by atoms with van der Waals surface area (Å²) < 4.78 is 1.82. The number of nitrogens with one attached hydrogen (secondary N) is 1. The van der Waals surface area contributed by atoms with Gasteiger partial charge in [-0.2, -0.15) is 5.10 Å². The van der Waals surface area contributed by atoms with E-state index in [9.17, 15) is 0 Å². The van der Waals surface area contributed by atoms with E-state index in [2.05, 4.69) is 16.5 Å². The van der Waals surface area contributed by atoms with Crippen LogP contribution in [-0.4, -0.2) is 22.9 Å². The molecule has 1 aromatic rings. The number of aryl methyl sites for hydroxylation is 1. The van der Waals surface area contributed by atoms with Crippen LogP contribution in [0.25, 0.3) is 6.08 Å². The second-order valence-electron chi connectivity index (χ2n) is 2.82. The Balaban J connectivity index is 2.17.